The summed E-state index contributed by atoms with van der Waals surface area (Å²) in [6.07, 6.45) is 0. The number of esters is 1. The number of hydrogen-bond donors (Lipinski definition) is 1. The molecule has 0 unspecified atom stereocenters. The molecule has 3 aromatic carbocycles. The number of aromatic nitrogens is 2. The first-order valence-electron chi connectivity index (χ1n) is 9.08. The van der Waals surface area contributed by atoms with Crippen LogP contribution in [0, 0.1) is 0 Å². The summed E-state index contributed by atoms with van der Waals surface area (Å²) in [6.45, 7) is 0. The molecule has 0 bridgehead atoms. The van der Waals surface area contributed by atoms with Crippen LogP contribution < -0.4 is 9.88 Å². The lowest BCUT2D eigenvalue weighted by Crippen LogP contribution is -2.13. The molecule has 4 rings (SSSR count). The maximum absolute atomic E-state index is 12.6. The van der Waals surface area contributed by atoms with Gasteiger partial charge in [0, 0.05) is 16.7 Å². The maximum Gasteiger partial charge on any atom is 0.344 e. The summed E-state index contributed by atoms with van der Waals surface area (Å²) in [5.41, 5.74) is 2.18. The quantitative estimate of drug-likeness (QED) is 0.459. The van der Waals surface area contributed by atoms with E-state index in [2.05, 4.69) is 5.10 Å². The molecule has 9 heteroatoms. The molecule has 0 amide bonds. The van der Waals surface area contributed by atoms with Crippen molar-refractivity contribution in [3.8, 4) is 22.8 Å². The minimum Gasteiger partial charge on any atom is -0.404 e. The second kappa shape index (κ2) is 8.35. The van der Waals surface area contributed by atoms with Crippen LogP contribution >= 0.6 is 11.6 Å². The van der Waals surface area contributed by atoms with Crippen LogP contribution in [0.3, 0.4) is 0 Å². The zero-order valence-corrected chi connectivity index (χ0v) is 17.5. The maximum atomic E-state index is 12.6. The van der Waals surface area contributed by atoms with Gasteiger partial charge in [-0.1, -0.05) is 41.9 Å². The second-order valence-corrected chi connectivity index (χ2v) is 8.58. The third kappa shape index (κ3) is 4.66. The molecule has 1 aromatic heterocycles. The van der Waals surface area contributed by atoms with Gasteiger partial charge in [-0.05, 0) is 48.5 Å². The first-order chi connectivity index (χ1) is 14.8. The van der Waals surface area contributed by atoms with E-state index in [1.54, 1.807) is 60.7 Å². The third-order valence-corrected chi connectivity index (χ3v) is 5.61. The fraction of sp³-hybridized carbons (Fsp3) is 0. The molecular formula is C22H16ClN3O4S. The number of ether oxygens (including phenoxy) is 1. The Morgan fingerprint density at radius 2 is 1.58 bits per heavy atom. The van der Waals surface area contributed by atoms with Crippen molar-refractivity contribution in [2.24, 2.45) is 5.14 Å². The molecule has 0 radical (unpaired) electrons. The van der Waals surface area contributed by atoms with Gasteiger partial charge in [-0.25, -0.2) is 23.0 Å². The Kier molecular flexibility index (Phi) is 5.60. The smallest absolute Gasteiger partial charge is 0.344 e. The highest BCUT2D eigenvalue weighted by Gasteiger charge is 2.18. The fourth-order valence-electron chi connectivity index (χ4n) is 2.89. The van der Waals surface area contributed by atoms with Gasteiger partial charge in [-0.3, -0.25) is 0 Å². The zero-order valence-electron chi connectivity index (χ0n) is 16.0. The number of rotatable bonds is 5. The Bertz CT molecular complexity index is 1330. The lowest BCUT2D eigenvalue weighted by molar-refractivity contribution is 0.0723. The first kappa shape index (κ1) is 20.8. The summed E-state index contributed by atoms with van der Waals surface area (Å²) in [7, 11) is -3.84. The summed E-state index contributed by atoms with van der Waals surface area (Å²) < 4.78 is 30.1. The number of carbonyl (C=O) groups is 1. The van der Waals surface area contributed by atoms with E-state index in [0.29, 0.717) is 22.0 Å². The first-order valence-corrected chi connectivity index (χ1v) is 11.0. The number of sulfonamides is 1. The SMILES string of the molecule is NS(=O)(=O)c1ccc(-n2nc(-c3ccc(Cl)cc3)cc2OC(=O)c2ccccc2)cc1. The lowest BCUT2D eigenvalue weighted by atomic mass is 10.1. The number of carbonyl (C=O) groups excluding carboxylic acids is 1. The van der Waals surface area contributed by atoms with E-state index in [0.717, 1.165) is 5.56 Å². The molecule has 0 fully saturated rings. The van der Waals surface area contributed by atoms with E-state index in [4.69, 9.17) is 21.5 Å². The van der Waals surface area contributed by atoms with E-state index in [1.807, 2.05) is 0 Å². The molecule has 156 valence electrons. The highest BCUT2D eigenvalue weighted by atomic mass is 35.5. The van der Waals surface area contributed by atoms with Crippen LogP contribution in [0.4, 0.5) is 0 Å². The molecule has 0 saturated carbocycles. The molecule has 0 aliphatic rings. The van der Waals surface area contributed by atoms with Gasteiger partial charge in [0.25, 0.3) is 0 Å². The second-order valence-electron chi connectivity index (χ2n) is 6.58. The van der Waals surface area contributed by atoms with Gasteiger partial charge in [-0.15, -0.1) is 0 Å². The predicted molar refractivity (Wildman–Crippen MR) is 117 cm³/mol. The Balaban J connectivity index is 1.76. The summed E-state index contributed by atoms with van der Waals surface area (Å²) in [6, 6.07) is 23.0. The molecule has 31 heavy (non-hydrogen) atoms. The number of nitrogens with two attached hydrogens (primary N) is 1. The van der Waals surface area contributed by atoms with Gasteiger partial charge < -0.3 is 4.74 Å². The van der Waals surface area contributed by atoms with E-state index in [9.17, 15) is 13.2 Å². The molecule has 0 aliphatic heterocycles. The van der Waals surface area contributed by atoms with Crippen molar-refractivity contribution in [3.05, 3.63) is 95.5 Å². The van der Waals surface area contributed by atoms with E-state index in [1.165, 1.54) is 28.9 Å². The van der Waals surface area contributed by atoms with Crippen molar-refractivity contribution in [1.82, 2.24) is 9.78 Å². The van der Waals surface area contributed by atoms with Gasteiger partial charge in [0.05, 0.1) is 21.8 Å². The zero-order chi connectivity index (χ0) is 22.0. The van der Waals surface area contributed by atoms with E-state index < -0.39 is 16.0 Å². The van der Waals surface area contributed by atoms with Gasteiger partial charge >= 0.3 is 5.97 Å². The van der Waals surface area contributed by atoms with Crippen LogP contribution in [0.15, 0.2) is 89.8 Å². The van der Waals surface area contributed by atoms with Crippen LogP contribution in [0.25, 0.3) is 16.9 Å². The van der Waals surface area contributed by atoms with Crippen molar-refractivity contribution in [1.29, 1.82) is 0 Å². The molecule has 0 atom stereocenters. The number of primary sulfonamides is 1. The van der Waals surface area contributed by atoms with Crippen molar-refractivity contribution in [2.45, 2.75) is 4.90 Å². The minimum atomic E-state index is -3.84. The number of benzene rings is 3. The van der Waals surface area contributed by atoms with Gasteiger partial charge in [0.1, 0.15) is 0 Å². The average Bonchev–Trinajstić information content (AvgIpc) is 3.18. The standard InChI is InChI=1S/C22H16ClN3O4S/c23-17-8-6-15(7-9-17)20-14-21(30-22(27)16-4-2-1-3-5-16)26(25-20)18-10-12-19(13-11-18)31(24,28)29/h1-14H,(H2,24,28,29). The van der Waals surface area contributed by atoms with Crippen molar-refractivity contribution in [2.75, 3.05) is 0 Å². The Hall–Kier alpha value is -3.46. The molecule has 0 saturated heterocycles. The fourth-order valence-corrected chi connectivity index (χ4v) is 3.53. The van der Waals surface area contributed by atoms with Crippen molar-refractivity contribution < 1.29 is 17.9 Å². The third-order valence-electron chi connectivity index (χ3n) is 4.43. The normalized spacial score (nSPS) is 11.3. The summed E-state index contributed by atoms with van der Waals surface area (Å²) in [5, 5.41) is 10.3. The monoisotopic (exact) mass is 453 g/mol. The Labute approximate surface area is 183 Å². The molecule has 2 N–H and O–H groups in total. The number of nitrogens with zero attached hydrogens (tertiary/aromatic N) is 2. The summed E-state index contributed by atoms with van der Waals surface area (Å²) in [5.74, 6) is -0.382. The van der Waals surface area contributed by atoms with Crippen LogP contribution in [0.1, 0.15) is 10.4 Å². The van der Waals surface area contributed by atoms with Crippen LogP contribution in [0.2, 0.25) is 5.02 Å². The number of hydrogen-bond acceptors (Lipinski definition) is 5. The molecule has 0 spiro atoms. The Morgan fingerprint density at radius 1 is 0.935 bits per heavy atom. The van der Waals surface area contributed by atoms with E-state index in [-0.39, 0.29) is 10.8 Å². The van der Waals surface area contributed by atoms with Crippen LogP contribution in [-0.2, 0) is 10.0 Å². The van der Waals surface area contributed by atoms with Crippen LogP contribution in [-0.4, -0.2) is 24.2 Å². The predicted octanol–water partition coefficient (Wildman–Crippen LogP) is 4.06. The largest absolute Gasteiger partial charge is 0.404 e. The summed E-state index contributed by atoms with van der Waals surface area (Å²) in [4.78, 5) is 12.6. The molecule has 0 aliphatic carbocycles. The van der Waals surface area contributed by atoms with Gasteiger partial charge in [0.2, 0.25) is 15.9 Å². The average molecular weight is 454 g/mol. The van der Waals surface area contributed by atoms with Gasteiger partial charge in [0.15, 0.2) is 0 Å². The van der Waals surface area contributed by atoms with Gasteiger partial charge in [-0.2, -0.15) is 5.10 Å². The van der Waals surface area contributed by atoms with Crippen molar-refractivity contribution in [3.63, 3.8) is 0 Å². The van der Waals surface area contributed by atoms with E-state index >= 15 is 0 Å². The lowest BCUT2D eigenvalue weighted by Gasteiger charge is -2.08. The molecule has 7 nitrogen and oxygen atoms in total. The minimum absolute atomic E-state index is 0.0378. The highest BCUT2D eigenvalue weighted by Crippen LogP contribution is 2.28. The topological polar surface area (TPSA) is 104 Å². The molecular weight excluding hydrogens is 438 g/mol. The highest BCUT2D eigenvalue weighted by molar-refractivity contribution is 7.89. The Morgan fingerprint density at radius 3 is 2.19 bits per heavy atom. The summed E-state index contributed by atoms with van der Waals surface area (Å²) >= 11 is 5.97. The molecule has 4 aromatic rings. The number of halogens is 1. The molecule has 1 heterocycles. The van der Waals surface area contributed by atoms with Crippen molar-refractivity contribution >= 4 is 27.6 Å². The van der Waals surface area contributed by atoms with Crippen LogP contribution in [0.5, 0.6) is 5.88 Å².